The zero-order chi connectivity index (χ0) is 18.9. The number of amides is 1. The number of aliphatic carboxylic acids is 1. The van der Waals surface area contributed by atoms with Crippen LogP contribution < -0.4 is 10.1 Å². The quantitative estimate of drug-likeness (QED) is 0.678. The van der Waals surface area contributed by atoms with Crippen molar-refractivity contribution in [2.75, 3.05) is 7.11 Å². The Balaban J connectivity index is 2.05. The van der Waals surface area contributed by atoms with Gasteiger partial charge >= 0.3 is 5.97 Å². The monoisotopic (exact) mass is 355 g/mol. The standard InChI is InChI=1S/C19H17NO6/c1-26-13-5-2-11(3-6-13)12-4-7-14-15(8-12)18(25)19(17(14)24,20-10-21)9-16(22)23/h2-8,10,18,25H,9H2,1H3,(H,20,21)(H,22,23). The summed E-state index contributed by atoms with van der Waals surface area (Å²) in [5.74, 6) is -1.22. The number of ketones is 1. The Bertz CT molecular complexity index is 876. The average Bonchev–Trinajstić information content (AvgIpc) is 2.83. The number of aliphatic hydroxyl groups excluding tert-OH is 1. The minimum Gasteiger partial charge on any atom is -0.497 e. The van der Waals surface area contributed by atoms with Gasteiger partial charge in [-0.2, -0.15) is 0 Å². The molecule has 1 aliphatic rings. The molecule has 3 N–H and O–H groups in total. The molecule has 0 aromatic heterocycles. The third-order valence-electron chi connectivity index (χ3n) is 4.63. The fraction of sp³-hybridized carbons (Fsp3) is 0.211. The second-order valence-electron chi connectivity index (χ2n) is 6.07. The molecule has 7 heteroatoms. The van der Waals surface area contributed by atoms with Gasteiger partial charge < -0.3 is 20.3 Å². The van der Waals surface area contributed by atoms with E-state index < -0.39 is 29.8 Å². The first-order chi connectivity index (χ1) is 12.4. The van der Waals surface area contributed by atoms with E-state index in [9.17, 15) is 19.5 Å². The number of fused-ring (bicyclic) bond motifs is 1. The minimum atomic E-state index is -1.89. The van der Waals surface area contributed by atoms with Gasteiger partial charge in [0.05, 0.1) is 13.5 Å². The van der Waals surface area contributed by atoms with E-state index in [0.29, 0.717) is 11.3 Å². The molecule has 3 rings (SSSR count). The maximum atomic E-state index is 12.7. The molecule has 2 aromatic rings. The lowest BCUT2D eigenvalue weighted by Gasteiger charge is -2.28. The van der Waals surface area contributed by atoms with Crippen LogP contribution in [0.2, 0.25) is 0 Å². The van der Waals surface area contributed by atoms with Crippen molar-refractivity contribution in [3.8, 4) is 16.9 Å². The molecule has 134 valence electrons. The highest BCUT2D eigenvalue weighted by atomic mass is 16.5. The van der Waals surface area contributed by atoms with E-state index in [4.69, 9.17) is 9.84 Å². The number of hydrogen-bond donors (Lipinski definition) is 3. The predicted octanol–water partition coefficient (Wildman–Crippen LogP) is 1.55. The van der Waals surface area contributed by atoms with Crippen LogP contribution in [0.4, 0.5) is 0 Å². The van der Waals surface area contributed by atoms with Gasteiger partial charge in [0, 0.05) is 5.56 Å². The van der Waals surface area contributed by atoms with Crippen molar-refractivity contribution in [3.05, 3.63) is 53.6 Å². The molecule has 0 fully saturated rings. The summed E-state index contributed by atoms with van der Waals surface area (Å²) >= 11 is 0. The predicted molar refractivity (Wildman–Crippen MR) is 91.9 cm³/mol. The maximum absolute atomic E-state index is 12.7. The van der Waals surface area contributed by atoms with Crippen LogP contribution in [0.25, 0.3) is 11.1 Å². The number of aliphatic hydroxyl groups is 1. The highest BCUT2D eigenvalue weighted by molar-refractivity contribution is 6.11. The molecule has 0 bridgehead atoms. The molecule has 0 saturated heterocycles. The van der Waals surface area contributed by atoms with Crippen LogP contribution in [0.15, 0.2) is 42.5 Å². The summed E-state index contributed by atoms with van der Waals surface area (Å²) in [6.45, 7) is 0. The van der Waals surface area contributed by atoms with Gasteiger partial charge in [0.2, 0.25) is 6.41 Å². The number of carbonyl (C=O) groups is 3. The normalized spacial score (nSPS) is 21.2. The van der Waals surface area contributed by atoms with Crippen molar-refractivity contribution in [2.24, 2.45) is 0 Å². The number of Topliss-reactive ketones (excluding diaryl/α,β-unsaturated/α-hetero) is 1. The molecule has 7 nitrogen and oxygen atoms in total. The molecule has 0 saturated carbocycles. The van der Waals surface area contributed by atoms with Crippen LogP contribution in [0.3, 0.4) is 0 Å². The number of hydrogen-bond acceptors (Lipinski definition) is 5. The van der Waals surface area contributed by atoms with Crippen LogP contribution in [-0.4, -0.2) is 41.0 Å². The lowest BCUT2D eigenvalue weighted by atomic mass is 9.88. The summed E-state index contributed by atoms with van der Waals surface area (Å²) in [6, 6.07) is 12.1. The zero-order valence-corrected chi connectivity index (χ0v) is 13.9. The molecule has 1 aliphatic carbocycles. The summed E-state index contributed by atoms with van der Waals surface area (Å²) in [5, 5.41) is 22.0. The number of methoxy groups -OCH3 is 1. The van der Waals surface area contributed by atoms with Crippen LogP contribution in [0.5, 0.6) is 5.75 Å². The number of carboxylic acid groups (broad SMARTS) is 1. The van der Waals surface area contributed by atoms with Gasteiger partial charge in [-0.05, 0) is 34.9 Å². The molecule has 26 heavy (non-hydrogen) atoms. The van der Waals surface area contributed by atoms with E-state index in [1.807, 2.05) is 12.1 Å². The van der Waals surface area contributed by atoms with Gasteiger partial charge in [-0.1, -0.05) is 24.3 Å². The Morgan fingerprint density at radius 1 is 1.23 bits per heavy atom. The molecular formula is C19H17NO6. The highest BCUT2D eigenvalue weighted by Gasteiger charge is 2.54. The third kappa shape index (κ3) is 2.72. The molecule has 2 atom stereocenters. The van der Waals surface area contributed by atoms with E-state index in [0.717, 1.165) is 11.1 Å². The fourth-order valence-electron chi connectivity index (χ4n) is 3.30. The second kappa shape index (κ2) is 6.61. The van der Waals surface area contributed by atoms with Crippen molar-refractivity contribution < 1.29 is 29.3 Å². The van der Waals surface area contributed by atoms with Crippen molar-refractivity contribution in [1.29, 1.82) is 0 Å². The Morgan fingerprint density at radius 2 is 1.88 bits per heavy atom. The van der Waals surface area contributed by atoms with Gasteiger partial charge in [-0.25, -0.2) is 0 Å². The Morgan fingerprint density at radius 3 is 2.46 bits per heavy atom. The van der Waals surface area contributed by atoms with Crippen LogP contribution in [0.1, 0.15) is 28.4 Å². The zero-order valence-electron chi connectivity index (χ0n) is 13.9. The largest absolute Gasteiger partial charge is 0.497 e. The van der Waals surface area contributed by atoms with Crippen molar-refractivity contribution in [3.63, 3.8) is 0 Å². The van der Waals surface area contributed by atoms with Gasteiger partial charge in [0.25, 0.3) is 0 Å². The Labute approximate surface area is 149 Å². The van der Waals surface area contributed by atoms with Gasteiger partial charge in [-0.15, -0.1) is 0 Å². The first-order valence-corrected chi connectivity index (χ1v) is 7.87. The van der Waals surface area contributed by atoms with E-state index in [2.05, 4.69) is 5.32 Å². The Kier molecular flexibility index (Phi) is 4.48. The molecular weight excluding hydrogens is 338 g/mol. The molecule has 1 amide bonds. The van der Waals surface area contributed by atoms with E-state index >= 15 is 0 Å². The number of carboxylic acids is 1. The van der Waals surface area contributed by atoms with E-state index in [-0.39, 0.29) is 12.0 Å². The van der Waals surface area contributed by atoms with Gasteiger partial charge in [0.1, 0.15) is 17.4 Å². The number of benzene rings is 2. The lowest BCUT2D eigenvalue weighted by Crippen LogP contribution is -2.53. The van der Waals surface area contributed by atoms with E-state index in [1.54, 1.807) is 31.4 Å². The van der Waals surface area contributed by atoms with Crippen LogP contribution >= 0.6 is 0 Å². The SMILES string of the molecule is COc1ccc(-c2ccc3c(c2)C(O)C(CC(=O)O)(NC=O)C3=O)cc1. The topological polar surface area (TPSA) is 113 Å². The van der Waals surface area contributed by atoms with Crippen molar-refractivity contribution >= 4 is 18.2 Å². The molecule has 0 heterocycles. The molecule has 2 unspecified atom stereocenters. The maximum Gasteiger partial charge on any atom is 0.306 e. The molecule has 0 spiro atoms. The first-order valence-electron chi connectivity index (χ1n) is 7.87. The third-order valence-corrected chi connectivity index (χ3v) is 4.63. The first kappa shape index (κ1) is 17.6. The van der Waals surface area contributed by atoms with Gasteiger partial charge in [-0.3, -0.25) is 14.4 Å². The number of rotatable bonds is 6. The minimum absolute atomic E-state index is 0.199. The summed E-state index contributed by atoms with van der Waals surface area (Å²) in [7, 11) is 1.56. The number of nitrogens with one attached hydrogen (secondary N) is 1. The summed E-state index contributed by atoms with van der Waals surface area (Å²) in [4.78, 5) is 34.9. The number of carbonyl (C=O) groups excluding carboxylic acids is 2. The Hall–Kier alpha value is -3.19. The lowest BCUT2D eigenvalue weighted by molar-refractivity contribution is -0.139. The van der Waals surface area contributed by atoms with E-state index in [1.165, 1.54) is 6.07 Å². The summed E-state index contributed by atoms with van der Waals surface area (Å²) < 4.78 is 5.12. The van der Waals surface area contributed by atoms with Crippen LogP contribution in [-0.2, 0) is 9.59 Å². The summed E-state index contributed by atoms with van der Waals surface area (Å²) in [6.07, 6.45) is -1.93. The highest BCUT2D eigenvalue weighted by Crippen LogP contribution is 2.42. The molecule has 0 aliphatic heterocycles. The van der Waals surface area contributed by atoms with Gasteiger partial charge in [0.15, 0.2) is 5.78 Å². The average molecular weight is 355 g/mol. The smallest absolute Gasteiger partial charge is 0.306 e. The van der Waals surface area contributed by atoms with Crippen LogP contribution in [0, 0.1) is 0 Å². The van der Waals surface area contributed by atoms with Crippen molar-refractivity contribution in [2.45, 2.75) is 18.1 Å². The fourth-order valence-corrected chi connectivity index (χ4v) is 3.30. The van der Waals surface area contributed by atoms with Crippen molar-refractivity contribution in [1.82, 2.24) is 5.32 Å². The second-order valence-corrected chi connectivity index (χ2v) is 6.07. The molecule has 2 aromatic carbocycles. The summed E-state index contributed by atoms with van der Waals surface area (Å²) in [5.41, 5.74) is 0.182. The molecule has 0 radical (unpaired) electrons. The number of ether oxygens (including phenoxy) is 1.